The summed E-state index contributed by atoms with van der Waals surface area (Å²) in [6, 6.07) is 6.13. The lowest BCUT2D eigenvalue weighted by atomic mass is 10.3. The van der Waals surface area contributed by atoms with Gasteiger partial charge in [0.2, 0.25) is 0 Å². The van der Waals surface area contributed by atoms with Crippen molar-refractivity contribution in [2.24, 2.45) is 0 Å². The lowest BCUT2D eigenvalue weighted by molar-refractivity contribution is 0.295. The summed E-state index contributed by atoms with van der Waals surface area (Å²) in [6.07, 6.45) is 4.77. The lowest BCUT2D eigenvalue weighted by Crippen LogP contribution is -2.05. The van der Waals surface area contributed by atoms with Crippen molar-refractivity contribution < 1.29 is 4.74 Å². The van der Waals surface area contributed by atoms with E-state index in [1.807, 2.05) is 29.1 Å². The zero-order chi connectivity index (χ0) is 13.0. The average Bonchev–Trinajstić information content (AvgIpc) is 2.86. The van der Waals surface area contributed by atoms with E-state index in [0.29, 0.717) is 17.3 Å². The molecule has 0 aromatic carbocycles. The Bertz CT molecular complexity index is 512. The molecule has 0 N–H and O–H groups in total. The van der Waals surface area contributed by atoms with Crippen LogP contribution in [-0.4, -0.2) is 14.8 Å². The third-order valence-electron chi connectivity index (χ3n) is 2.81. The normalized spacial score (nSPS) is 12.4. The van der Waals surface area contributed by atoms with E-state index in [1.54, 1.807) is 6.20 Å². The van der Waals surface area contributed by atoms with Crippen LogP contribution in [-0.2, 0) is 6.61 Å². The number of pyridine rings is 1. The Morgan fingerprint density at radius 2 is 2.28 bits per heavy atom. The first-order chi connectivity index (χ1) is 8.70. The van der Waals surface area contributed by atoms with Gasteiger partial charge in [-0.25, -0.2) is 4.98 Å². The second kappa shape index (κ2) is 6.00. The highest BCUT2D eigenvalue weighted by molar-refractivity contribution is 9.10. The highest BCUT2D eigenvalue weighted by atomic mass is 79.9. The third-order valence-corrected chi connectivity index (χ3v) is 3.40. The van der Waals surface area contributed by atoms with Gasteiger partial charge in [0.05, 0.1) is 5.69 Å². The Labute approximate surface area is 115 Å². The van der Waals surface area contributed by atoms with Crippen LogP contribution < -0.4 is 4.74 Å². The number of ether oxygens (including phenoxy) is 1. The quantitative estimate of drug-likeness (QED) is 0.792. The fourth-order valence-electron chi connectivity index (χ4n) is 1.52. The zero-order valence-corrected chi connectivity index (χ0v) is 12.1. The summed E-state index contributed by atoms with van der Waals surface area (Å²) in [5.41, 5.74) is 0.922. The van der Waals surface area contributed by atoms with Crippen molar-refractivity contribution in [3.8, 4) is 5.75 Å². The molecule has 0 saturated heterocycles. The van der Waals surface area contributed by atoms with Crippen LogP contribution in [0.25, 0.3) is 0 Å². The number of nitrogens with zero attached hydrogens (tertiary/aromatic N) is 3. The molecular formula is C13H16BrN3O. The van der Waals surface area contributed by atoms with Crippen LogP contribution in [0.4, 0.5) is 0 Å². The van der Waals surface area contributed by atoms with Crippen molar-refractivity contribution in [2.75, 3.05) is 0 Å². The number of aromatic nitrogens is 3. The van der Waals surface area contributed by atoms with E-state index in [4.69, 9.17) is 4.74 Å². The minimum atomic E-state index is 0.420. The highest BCUT2D eigenvalue weighted by Crippen LogP contribution is 2.22. The third kappa shape index (κ3) is 3.10. The molecule has 0 fully saturated rings. The van der Waals surface area contributed by atoms with Crippen molar-refractivity contribution in [2.45, 2.75) is 32.9 Å². The van der Waals surface area contributed by atoms with E-state index in [0.717, 1.165) is 17.9 Å². The van der Waals surface area contributed by atoms with Gasteiger partial charge in [0.25, 0.3) is 0 Å². The van der Waals surface area contributed by atoms with Gasteiger partial charge in [0.15, 0.2) is 5.75 Å². The van der Waals surface area contributed by atoms with E-state index in [1.165, 1.54) is 0 Å². The Morgan fingerprint density at radius 3 is 3.00 bits per heavy atom. The van der Waals surface area contributed by atoms with Gasteiger partial charge < -0.3 is 4.74 Å². The molecule has 2 rings (SSSR count). The van der Waals surface area contributed by atoms with E-state index in [9.17, 15) is 0 Å². The Hall–Kier alpha value is -1.36. The van der Waals surface area contributed by atoms with Crippen LogP contribution in [0.5, 0.6) is 5.75 Å². The van der Waals surface area contributed by atoms with Crippen LogP contribution in [0.1, 0.15) is 32.0 Å². The van der Waals surface area contributed by atoms with Gasteiger partial charge in [-0.2, -0.15) is 5.10 Å². The standard InChI is InChI=1S/C13H16BrN3O/c1-3-10(2)17-8-6-11(16-17)9-18-12-5-4-7-15-13(12)14/h4-8,10H,3,9H2,1-2H3. The number of rotatable bonds is 5. The predicted molar refractivity (Wildman–Crippen MR) is 73.5 cm³/mol. The maximum Gasteiger partial charge on any atom is 0.152 e. The van der Waals surface area contributed by atoms with Crippen LogP contribution in [0.2, 0.25) is 0 Å². The molecule has 18 heavy (non-hydrogen) atoms. The molecule has 0 saturated carbocycles. The van der Waals surface area contributed by atoms with Gasteiger partial charge in [0.1, 0.15) is 11.2 Å². The first-order valence-electron chi connectivity index (χ1n) is 5.98. The summed E-state index contributed by atoms with van der Waals surface area (Å²) < 4.78 is 8.35. The molecule has 1 atom stereocenters. The molecule has 0 bridgehead atoms. The maximum atomic E-state index is 5.66. The molecule has 2 heterocycles. The Balaban J connectivity index is 1.98. The molecule has 0 aliphatic rings. The van der Waals surface area contributed by atoms with Crippen molar-refractivity contribution in [3.05, 3.63) is 40.9 Å². The average molecular weight is 310 g/mol. The fourth-order valence-corrected chi connectivity index (χ4v) is 1.88. The number of hydrogen-bond donors (Lipinski definition) is 0. The topological polar surface area (TPSA) is 39.9 Å². The predicted octanol–water partition coefficient (Wildman–Crippen LogP) is 3.59. The first-order valence-corrected chi connectivity index (χ1v) is 6.77. The van der Waals surface area contributed by atoms with E-state index in [2.05, 4.69) is 39.9 Å². The summed E-state index contributed by atoms with van der Waals surface area (Å²) in [5, 5.41) is 4.48. The molecule has 2 aromatic rings. The summed E-state index contributed by atoms with van der Waals surface area (Å²) in [4.78, 5) is 4.10. The molecular weight excluding hydrogens is 294 g/mol. The second-order valence-electron chi connectivity index (χ2n) is 4.13. The van der Waals surface area contributed by atoms with E-state index < -0.39 is 0 Å². The molecule has 5 heteroatoms. The molecule has 0 aliphatic carbocycles. The molecule has 1 unspecified atom stereocenters. The van der Waals surface area contributed by atoms with Crippen LogP contribution in [0, 0.1) is 0 Å². The van der Waals surface area contributed by atoms with Gasteiger partial charge in [-0.15, -0.1) is 0 Å². The van der Waals surface area contributed by atoms with Gasteiger partial charge in [0, 0.05) is 18.4 Å². The maximum absolute atomic E-state index is 5.66. The molecule has 96 valence electrons. The largest absolute Gasteiger partial charge is 0.484 e. The van der Waals surface area contributed by atoms with Crippen molar-refractivity contribution in [1.29, 1.82) is 0 Å². The summed E-state index contributed by atoms with van der Waals surface area (Å²) in [7, 11) is 0. The minimum Gasteiger partial charge on any atom is -0.484 e. The van der Waals surface area contributed by atoms with Crippen LogP contribution >= 0.6 is 15.9 Å². The van der Waals surface area contributed by atoms with Crippen molar-refractivity contribution >= 4 is 15.9 Å². The number of halogens is 1. The summed E-state index contributed by atoms with van der Waals surface area (Å²) in [6.45, 7) is 4.75. The fraction of sp³-hybridized carbons (Fsp3) is 0.385. The monoisotopic (exact) mass is 309 g/mol. The SMILES string of the molecule is CCC(C)n1ccc(COc2cccnc2Br)n1. The smallest absolute Gasteiger partial charge is 0.152 e. The van der Waals surface area contributed by atoms with Gasteiger partial charge in [-0.1, -0.05) is 6.92 Å². The first kappa shape index (κ1) is 13.1. The lowest BCUT2D eigenvalue weighted by Gasteiger charge is -2.08. The van der Waals surface area contributed by atoms with Gasteiger partial charge >= 0.3 is 0 Å². The van der Waals surface area contributed by atoms with Crippen molar-refractivity contribution in [1.82, 2.24) is 14.8 Å². The van der Waals surface area contributed by atoms with E-state index >= 15 is 0 Å². The summed E-state index contributed by atoms with van der Waals surface area (Å²) in [5.74, 6) is 0.732. The Morgan fingerprint density at radius 1 is 1.44 bits per heavy atom. The molecule has 0 spiro atoms. The van der Waals surface area contributed by atoms with Gasteiger partial charge in [-0.3, -0.25) is 4.68 Å². The second-order valence-corrected chi connectivity index (χ2v) is 4.88. The highest BCUT2D eigenvalue weighted by Gasteiger charge is 2.06. The molecule has 0 aliphatic heterocycles. The van der Waals surface area contributed by atoms with E-state index in [-0.39, 0.29) is 0 Å². The summed E-state index contributed by atoms with van der Waals surface area (Å²) >= 11 is 3.35. The van der Waals surface area contributed by atoms with Crippen LogP contribution in [0.15, 0.2) is 35.2 Å². The zero-order valence-electron chi connectivity index (χ0n) is 10.5. The van der Waals surface area contributed by atoms with Crippen molar-refractivity contribution in [3.63, 3.8) is 0 Å². The molecule has 2 aromatic heterocycles. The molecule has 0 amide bonds. The Kier molecular flexibility index (Phi) is 4.36. The molecule has 0 radical (unpaired) electrons. The minimum absolute atomic E-state index is 0.420. The number of hydrogen-bond acceptors (Lipinski definition) is 3. The molecule has 4 nitrogen and oxygen atoms in total. The van der Waals surface area contributed by atoms with Gasteiger partial charge in [-0.05, 0) is 47.5 Å². The van der Waals surface area contributed by atoms with Crippen LogP contribution in [0.3, 0.4) is 0 Å².